The molecule has 0 saturated heterocycles. The van der Waals surface area contributed by atoms with Gasteiger partial charge < -0.3 is 9.47 Å². The van der Waals surface area contributed by atoms with Gasteiger partial charge in [-0.3, -0.25) is 0 Å². The molecule has 0 unspecified atom stereocenters. The van der Waals surface area contributed by atoms with Crippen LogP contribution in [0, 0.1) is 0 Å². The molecule has 98 valence electrons. The van der Waals surface area contributed by atoms with Crippen LogP contribution in [0.5, 0.6) is 11.5 Å². The van der Waals surface area contributed by atoms with E-state index in [0.29, 0.717) is 0 Å². The Morgan fingerprint density at radius 2 is 1.47 bits per heavy atom. The molecule has 2 nitrogen and oxygen atoms in total. The van der Waals surface area contributed by atoms with Crippen molar-refractivity contribution in [2.24, 2.45) is 0 Å². The standard InChI is InChI=1S/C13H20O2.C2H6/c1-3-4-5-6-11-15-13-9-7-12(14-2)8-10-13;1-2/h7-10H,3-6,11H2,1-2H3;1-2H3. The monoisotopic (exact) mass is 238 g/mol. The number of hydrogen-bond acceptors (Lipinski definition) is 2. The SMILES string of the molecule is CC.CCCCCCOc1ccc(OC)cc1. The van der Waals surface area contributed by atoms with Crippen LogP contribution in [-0.4, -0.2) is 13.7 Å². The summed E-state index contributed by atoms with van der Waals surface area (Å²) in [5.41, 5.74) is 0. The third-order valence-corrected chi connectivity index (χ3v) is 2.33. The molecule has 2 heteroatoms. The highest BCUT2D eigenvalue weighted by molar-refractivity contribution is 5.30. The van der Waals surface area contributed by atoms with E-state index in [4.69, 9.17) is 9.47 Å². The van der Waals surface area contributed by atoms with Crippen molar-refractivity contribution >= 4 is 0 Å². The van der Waals surface area contributed by atoms with Crippen LogP contribution in [0.25, 0.3) is 0 Å². The van der Waals surface area contributed by atoms with Gasteiger partial charge in [0.2, 0.25) is 0 Å². The maximum atomic E-state index is 5.60. The smallest absolute Gasteiger partial charge is 0.119 e. The predicted octanol–water partition coefficient (Wildman–Crippen LogP) is 4.68. The van der Waals surface area contributed by atoms with E-state index in [1.165, 1.54) is 19.3 Å². The first-order valence-electron chi connectivity index (χ1n) is 6.63. The highest BCUT2D eigenvalue weighted by atomic mass is 16.5. The predicted molar refractivity (Wildman–Crippen MR) is 74.0 cm³/mol. The molecular formula is C15H26O2. The molecule has 1 aromatic carbocycles. The number of benzene rings is 1. The van der Waals surface area contributed by atoms with Crippen LogP contribution in [-0.2, 0) is 0 Å². The van der Waals surface area contributed by atoms with E-state index < -0.39 is 0 Å². The molecule has 0 spiro atoms. The summed E-state index contributed by atoms with van der Waals surface area (Å²) in [5.74, 6) is 1.79. The van der Waals surface area contributed by atoms with Gasteiger partial charge in [-0.1, -0.05) is 40.0 Å². The summed E-state index contributed by atoms with van der Waals surface area (Å²) >= 11 is 0. The van der Waals surface area contributed by atoms with Crippen molar-refractivity contribution in [1.82, 2.24) is 0 Å². The Labute approximate surface area is 106 Å². The number of methoxy groups -OCH3 is 1. The van der Waals surface area contributed by atoms with E-state index >= 15 is 0 Å². The molecule has 0 radical (unpaired) electrons. The number of rotatable bonds is 7. The van der Waals surface area contributed by atoms with Crippen molar-refractivity contribution in [3.05, 3.63) is 24.3 Å². The number of ether oxygens (including phenoxy) is 2. The van der Waals surface area contributed by atoms with Crippen LogP contribution in [0.1, 0.15) is 46.5 Å². The molecule has 0 heterocycles. The molecule has 0 bridgehead atoms. The maximum Gasteiger partial charge on any atom is 0.119 e. The van der Waals surface area contributed by atoms with Gasteiger partial charge in [-0.2, -0.15) is 0 Å². The summed E-state index contributed by atoms with van der Waals surface area (Å²) in [4.78, 5) is 0. The molecule has 0 fully saturated rings. The Kier molecular flexibility index (Phi) is 10.5. The quantitative estimate of drug-likeness (QED) is 0.642. The lowest BCUT2D eigenvalue weighted by atomic mass is 10.2. The van der Waals surface area contributed by atoms with Crippen LogP contribution in [0.2, 0.25) is 0 Å². The summed E-state index contributed by atoms with van der Waals surface area (Å²) < 4.78 is 10.7. The minimum atomic E-state index is 0.812. The first-order valence-corrected chi connectivity index (χ1v) is 6.63. The molecule has 17 heavy (non-hydrogen) atoms. The van der Waals surface area contributed by atoms with Gasteiger partial charge in [-0.15, -0.1) is 0 Å². The Balaban J connectivity index is 0.00000121. The highest BCUT2D eigenvalue weighted by Gasteiger charge is 1.94. The fraction of sp³-hybridized carbons (Fsp3) is 0.600. The molecule has 0 N–H and O–H groups in total. The number of hydrogen-bond donors (Lipinski definition) is 0. The lowest BCUT2D eigenvalue weighted by Gasteiger charge is -2.06. The van der Waals surface area contributed by atoms with E-state index in [9.17, 15) is 0 Å². The summed E-state index contributed by atoms with van der Waals surface area (Å²) in [7, 11) is 1.67. The third-order valence-electron chi connectivity index (χ3n) is 2.33. The zero-order chi connectivity index (χ0) is 12.9. The van der Waals surface area contributed by atoms with E-state index in [-0.39, 0.29) is 0 Å². The van der Waals surface area contributed by atoms with Gasteiger partial charge in [0.05, 0.1) is 13.7 Å². The van der Waals surface area contributed by atoms with Crippen molar-refractivity contribution in [3.8, 4) is 11.5 Å². The normalized spacial score (nSPS) is 9.18. The summed E-state index contributed by atoms with van der Waals surface area (Å²) in [6.45, 7) is 7.02. The molecule has 0 aliphatic rings. The van der Waals surface area contributed by atoms with Crippen LogP contribution in [0.4, 0.5) is 0 Å². The van der Waals surface area contributed by atoms with Crippen molar-refractivity contribution in [3.63, 3.8) is 0 Å². The lowest BCUT2D eigenvalue weighted by Crippen LogP contribution is -1.96. The molecule has 0 atom stereocenters. The topological polar surface area (TPSA) is 18.5 Å². The average Bonchev–Trinajstić information content (AvgIpc) is 2.41. The largest absolute Gasteiger partial charge is 0.497 e. The highest BCUT2D eigenvalue weighted by Crippen LogP contribution is 2.17. The Hall–Kier alpha value is -1.18. The van der Waals surface area contributed by atoms with E-state index in [0.717, 1.165) is 24.5 Å². The molecule has 0 aliphatic heterocycles. The molecule has 0 saturated carbocycles. The fourth-order valence-electron chi connectivity index (χ4n) is 1.39. The van der Waals surface area contributed by atoms with Gasteiger partial charge in [0.15, 0.2) is 0 Å². The van der Waals surface area contributed by atoms with Crippen molar-refractivity contribution < 1.29 is 9.47 Å². The minimum absolute atomic E-state index is 0.812. The minimum Gasteiger partial charge on any atom is -0.497 e. The second-order valence-electron chi connectivity index (χ2n) is 3.58. The zero-order valence-corrected chi connectivity index (χ0v) is 11.7. The second kappa shape index (κ2) is 11.3. The molecule has 0 aromatic heterocycles. The van der Waals surface area contributed by atoms with Crippen LogP contribution in [0.3, 0.4) is 0 Å². The van der Waals surface area contributed by atoms with E-state index in [2.05, 4.69) is 6.92 Å². The average molecular weight is 238 g/mol. The fourth-order valence-corrected chi connectivity index (χ4v) is 1.39. The van der Waals surface area contributed by atoms with E-state index in [1.54, 1.807) is 7.11 Å². The molecule has 1 aromatic rings. The number of unbranched alkanes of at least 4 members (excludes halogenated alkanes) is 3. The molecule has 0 amide bonds. The van der Waals surface area contributed by atoms with Gasteiger partial charge in [-0.25, -0.2) is 0 Å². The van der Waals surface area contributed by atoms with Crippen molar-refractivity contribution in [2.45, 2.75) is 46.5 Å². The van der Waals surface area contributed by atoms with Crippen LogP contribution < -0.4 is 9.47 Å². The first-order chi connectivity index (χ1) is 8.36. The van der Waals surface area contributed by atoms with Crippen molar-refractivity contribution in [1.29, 1.82) is 0 Å². The first kappa shape index (κ1) is 15.8. The molecule has 1 rings (SSSR count). The van der Waals surface area contributed by atoms with Crippen LogP contribution in [0.15, 0.2) is 24.3 Å². The van der Waals surface area contributed by atoms with Gasteiger partial charge >= 0.3 is 0 Å². The Morgan fingerprint density at radius 3 is 2.00 bits per heavy atom. The van der Waals surface area contributed by atoms with Gasteiger partial charge in [0.25, 0.3) is 0 Å². The zero-order valence-electron chi connectivity index (χ0n) is 11.7. The summed E-state index contributed by atoms with van der Waals surface area (Å²) in [5, 5.41) is 0. The lowest BCUT2D eigenvalue weighted by molar-refractivity contribution is 0.304. The maximum absolute atomic E-state index is 5.60. The third kappa shape index (κ3) is 7.67. The Morgan fingerprint density at radius 1 is 0.882 bits per heavy atom. The van der Waals surface area contributed by atoms with Crippen LogP contribution >= 0.6 is 0 Å². The van der Waals surface area contributed by atoms with Gasteiger partial charge in [0, 0.05) is 0 Å². The second-order valence-corrected chi connectivity index (χ2v) is 3.58. The Bertz CT molecular complexity index is 254. The van der Waals surface area contributed by atoms with Crippen molar-refractivity contribution in [2.75, 3.05) is 13.7 Å². The van der Waals surface area contributed by atoms with Gasteiger partial charge in [0.1, 0.15) is 11.5 Å². The molecule has 0 aliphatic carbocycles. The summed E-state index contributed by atoms with van der Waals surface area (Å²) in [6, 6.07) is 7.72. The summed E-state index contributed by atoms with van der Waals surface area (Å²) in [6.07, 6.45) is 4.96. The van der Waals surface area contributed by atoms with Gasteiger partial charge in [-0.05, 0) is 30.7 Å². The molecular weight excluding hydrogens is 212 g/mol. The van der Waals surface area contributed by atoms with E-state index in [1.807, 2.05) is 38.1 Å².